The van der Waals surface area contributed by atoms with Crippen LogP contribution in [0.5, 0.6) is 0 Å². The first-order valence-corrected chi connectivity index (χ1v) is 8.68. The number of thiazole rings is 1. The molecular formula is C18H13FN4O2S. The van der Waals surface area contributed by atoms with E-state index < -0.39 is 11.4 Å². The second-order valence-electron chi connectivity index (χ2n) is 5.69. The van der Waals surface area contributed by atoms with Crippen LogP contribution in [-0.2, 0) is 17.9 Å². The van der Waals surface area contributed by atoms with E-state index in [1.54, 1.807) is 0 Å². The summed E-state index contributed by atoms with van der Waals surface area (Å²) in [4.78, 5) is 33.1. The average molecular weight is 368 g/mol. The second-order valence-corrected chi connectivity index (χ2v) is 6.81. The molecule has 130 valence electrons. The Morgan fingerprint density at radius 2 is 2.04 bits per heavy atom. The molecule has 1 N–H and O–H groups in total. The number of carbonyl (C=O) groups is 1. The highest BCUT2D eigenvalue weighted by Gasteiger charge is 2.10. The maximum atomic E-state index is 13.3. The van der Waals surface area contributed by atoms with Gasteiger partial charge >= 0.3 is 0 Å². The number of para-hydroxylation sites is 1. The molecule has 0 bridgehead atoms. The Bertz CT molecular complexity index is 1150. The Morgan fingerprint density at radius 3 is 2.88 bits per heavy atom. The maximum absolute atomic E-state index is 13.3. The van der Waals surface area contributed by atoms with Crippen LogP contribution in [0, 0.1) is 5.82 Å². The van der Waals surface area contributed by atoms with Crippen molar-refractivity contribution in [3.63, 3.8) is 0 Å². The van der Waals surface area contributed by atoms with Crippen LogP contribution in [0.3, 0.4) is 0 Å². The van der Waals surface area contributed by atoms with Crippen LogP contribution in [0.4, 0.5) is 4.39 Å². The quantitative estimate of drug-likeness (QED) is 0.600. The van der Waals surface area contributed by atoms with Crippen LogP contribution < -0.4 is 10.9 Å². The molecule has 0 atom stereocenters. The van der Waals surface area contributed by atoms with Gasteiger partial charge in [0.05, 0.1) is 34.0 Å². The molecule has 0 saturated carbocycles. The van der Waals surface area contributed by atoms with Crippen molar-refractivity contribution >= 4 is 38.4 Å². The molecule has 4 aromatic rings. The van der Waals surface area contributed by atoms with Crippen molar-refractivity contribution in [3.05, 3.63) is 70.0 Å². The van der Waals surface area contributed by atoms with Crippen molar-refractivity contribution in [3.8, 4) is 0 Å². The van der Waals surface area contributed by atoms with Gasteiger partial charge in [0.15, 0.2) is 0 Å². The summed E-state index contributed by atoms with van der Waals surface area (Å²) in [5.41, 5.74) is 0.825. The molecule has 8 heteroatoms. The van der Waals surface area contributed by atoms with E-state index in [0.717, 1.165) is 25.9 Å². The van der Waals surface area contributed by atoms with E-state index in [1.807, 2.05) is 24.3 Å². The molecule has 0 aliphatic heterocycles. The third kappa shape index (κ3) is 3.18. The lowest BCUT2D eigenvalue weighted by atomic mass is 10.2. The van der Waals surface area contributed by atoms with Gasteiger partial charge in [-0.05, 0) is 30.3 Å². The molecule has 2 aromatic carbocycles. The summed E-state index contributed by atoms with van der Waals surface area (Å²) >= 11 is 1.50. The zero-order chi connectivity index (χ0) is 18.1. The van der Waals surface area contributed by atoms with Crippen LogP contribution in [0.25, 0.3) is 21.1 Å². The first-order chi connectivity index (χ1) is 12.6. The highest BCUT2D eigenvalue weighted by Crippen LogP contribution is 2.21. The molecule has 0 fully saturated rings. The Labute approximate surface area is 150 Å². The number of benzene rings is 2. The molecule has 0 spiro atoms. The van der Waals surface area contributed by atoms with E-state index in [1.165, 1.54) is 29.8 Å². The predicted octanol–water partition coefficient (Wildman–Crippen LogP) is 2.46. The monoisotopic (exact) mass is 368 g/mol. The number of halogens is 1. The van der Waals surface area contributed by atoms with Crippen LogP contribution in [-0.4, -0.2) is 20.4 Å². The smallest absolute Gasteiger partial charge is 0.261 e. The Balaban J connectivity index is 1.48. The van der Waals surface area contributed by atoms with Crippen LogP contribution in [0.2, 0.25) is 0 Å². The van der Waals surface area contributed by atoms with Crippen molar-refractivity contribution in [1.29, 1.82) is 0 Å². The first-order valence-electron chi connectivity index (χ1n) is 7.86. The largest absolute Gasteiger partial charge is 0.348 e. The van der Waals surface area contributed by atoms with Crippen molar-refractivity contribution in [2.24, 2.45) is 0 Å². The van der Waals surface area contributed by atoms with Gasteiger partial charge in [-0.25, -0.2) is 14.4 Å². The molecular weight excluding hydrogens is 355 g/mol. The molecule has 0 aliphatic carbocycles. The SMILES string of the molecule is O=C(Cn1cnc2ccc(F)cc2c1=O)NCc1nc2ccccc2s1. The van der Waals surface area contributed by atoms with E-state index in [9.17, 15) is 14.0 Å². The fourth-order valence-corrected chi connectivity index (χ4v) is 3.53. The maximum Gasteiger partial charge on any atom is 0.261 e. The molecule has 4 rings (SSSR count). The number of nitrogens with one attached hydrogen (secondary N) is 1. The van der Waals surface area contributed by atoms with Gasteiger partial charge in [-0.1, -0.05) is 12.1 Å². The number of fused-ring (bicyclic) bond motifs is 2. The van der Waals surface area contributed by atoms with Gasteiger partial charge < -0.3 is 5.32 Å². The summed E-state index contributed by atoms with van der Waals surface area (Å²) in [7, 11) is 0. The zero-order valence-electron chi connectivity index (χ0n) is 13.5. The van der Waals surface area contributed by atoms with Gasteiger partial charge in [0.25, 0.3) is 5.56 Å². The fraction of sp³-hybridized carbons (Fsp3) is 0.111. The summed E-state index contributed by atoms with van der Waals surface area (Å²) in [5, 5.41) is 3.67. The van der Waals surface area contributed by atoms with Crippen LogP contribution in [0.1, 0.15) is 5.01 Å². The number of carbonyl (C=O) groups excluding carboxylic acids is 1. The van der Waals surface area contributed by atoms with E-state index >= 15 is 0 Å². The normalized spacial score (nSPS) is 11.1. The van der Waals surface area contributed by atoms with E-state index in [0.29, 0.717) is 5.52 Å². The number of hydrogen-bond donors (Lipinski definition) is 1. The number of hydrogen-bond acceptors (Lipinski definition) is 5. The minimum absolute atomic E-state index is 0.145. The van der Waals surface area contributed by atoms with Gasteiger partial charge in [-0.2, -0.15) is 0 Å². The average Bonchev–Trinajstić information content (AvgIpc) is 3.06. The van der Waals surface area contributed by atoms with Crippen molar-refractivity contribution in [2.45, 2.75) is 13.1 Å². The summed E-state index contributed by atoms with van der Waals surface area (Å²) in [6.45, 7) is 0.0890. The molecule has 0 unspecified atom stereocenters. The summed E-state index contributed by atoms with van der Waals surface area (Å²) in [6.07, 6.45) is 1.29. The number of aromatic nitrogens is 3. The standard InChI is InChI=1S/C18H13FN4O2S/c19-11-5-6-13-12(7-11)18(25)23(10-21-13)9-16(24)20-8-17-22-14-3-1-2-4-15(14)26-17/h1-7,10H,8-9H2,(H,20,24). The highest BCUT2D eigenvalue weighted by atomic mass is 32.1. The lowest BCUT2D eigenvalue weighted by molar-refractivity contribution is -0.121. The number of nitrogens with zero attached hydrogens (tertiary/aromatic N) is 3. The zero-order valence-corrected chi connectivity index (χ0v) is 14.3. The molecule has 0 radical (unpaired) electrons. The van der Waals surface area contributed by atoms with Gasteiger partial charge in [-0.15, -0.1) is 11.3 Å². The molecule has 26 heavy (non-hydrogen) atoms. The van der Waals surface area contributed by atoms with E-state index in [-0.39, 0.29) is 24.4 Å². The molecule has 2 heterocycles. The molecule has 1 amide bonds. The second kappa shape index (κ2) is 6.64. The van der Waals surface area contributed by atoms with Gasteiger partial charge in [0.1, 0.15) is 17.4 Å². The minimum Gasteiger partial charge on any atom is -0.348 e. The molecule has 6 nitrogen and oxygen atoms in total. The lowest BCUT2D eigenvalue weighted by Crippen LogP contribution is -2.32. The minimum atomic E-state index is -0.519. The summed E-state index contributed by atoms with van der Waals surface area (Å²) < 4.78 is 15.6. The van der Waals surface area contributed by atoms with Crippen molar-refractivity contribution in [1.82, 2.24) is 19.9 Å². The predicted molar refractivity (Wildman–Crippen MR) is 97.4 cm³/mol. The van der Waals surface area contributed by atoms with Crippen molar-refractivity contribution in [2.75, 3.05) is 0 Å². The third-order valence-electron chi connectivity index (χ3n) is 3.87. The Kier molecular flexibility index (Phi) is 4.18. The topological polar surface area (TPSA) is 76.9 Å². The summed E-state index contributed by atoms with van der Waals surface area (Å²) in [6, 6.07) is 11.5. The fourth-order valence-electron chi connectivity index (χ4n) is 2.62. The Morgan fingerprint density at radius 1 is 1.19 bits per heavy atom. The Hall–Kier alpha value is -3.13. The summed E-state index contributed by atoms with van der Waals surface area (Å²) in [5.74, 6) is -0.863. The number of amides is 1. The van der Waals surface area contributed by atoms with Gasteiger partial charge in [-0.3, -0.25) is 14.2 Å². The van der Waals surface area contributed by atoms with Crippen molar-refractivity contribution < 1.29 is 9.18 Å². The van der Waals surface area contributed by atoms with E-state index in [4.69, 9.17) is 0 Å². The van der Waals surface area contributed by atoms with Crippen LogP contribution >= 0.6 is 11.3 Å². The molecule has 0 aliphatic rings. The highest BCUT2D eigenvalue weighted by molar-refractivity contribution is 7.18. The lowest BCUT2D eigenvalue weighted by Gasteiger charge is -2.07. The first kappa shape index (κ1) is 16.3. The van der Waals surface area contributed by atoms with E-state index in [2.05, 4.69) is 15.3 Å². The van der Waals surface area contributed by atoms with Gasteiger partial charge in [0.2, 0.25) is 5.91 Å². The third-order valence-corrected chi connectivity index (χ3v) is 4.91. The van der Waals surface area contributed by atoms with Gasteiger partial charge in [0, 0.05) is 0 Å². The number of rotatable bonds is 4. The molecule has 0 saturated heterocycles. The van der Waals surface area contributed by atoms with Crippen LogP contribution in [0.15, 0.2) is 53.6 Å². The molecule has 2 aromatic heterocycles.